The van der Waals surface area contributed by atoms with Crippen molar-refractivity contribution in [2.45, 2.75) is 39.2 Å². The fourth-order valence-electron chi connectivity index (χ4n) is 3.86. The highest BCUT2D eigenvalue weighted by Gasteiger charge is 2.29. The fourth-order valence-corrected chi connectivity index (χ4v) is 4.86. The highest BCUT2D eigenvalue weighted by molar-refractivity contribution is 7.11. The van der Waals surface area contributed by atoms with Crippen molar-refractivity contribution in [3.63, 3.8) is 0 Å². The second kappa shape index (κ2) is 6.75. The molecule has 0 unspecified atom stereocenters. The molecule has 0 amide bonds. The third-order valence-electron chi connectivity index (χ3n) is 5.06. The Bertz CT molecular complexity index is 948. The van der Waals surface area contributed by atoms with Crippen LogP contribution in [0.4, 0.5) is 5.82 Å². The third kappa shape index (κ3) is 2.76. The van der Waals surface area contributed by atoms with E-state index >= 15 is 0 Å². The van der Waals surface area contributed by atoms with Crippen molar-refractivity contribution in [2.75, 3.05) is 24.7 Å². The van der Waals surface area contributed by atoms with Gasteiger partial charge in [-0.25, -0.2) is 19.5 Å². The van der Waals surface area contributed by atoms with Crippen LogP contribution >= 0.6 is 23.7 Å². The smallest absolute Gasteiger partial charge is 0.158 e. The van der Waals surface area contributed by atoms with Gasteiger partial charge in [0, 0.05) is 30.4 Å². The van der Waals surface area contributed by atoms with Gasteiger partial charge in [0.1, 0.15) is 17.7 Å². The Morgan fingerprint density at radius 3 is 2.96 bits per heavy atom. The van der Waals surface area contributed by atoms with Gasteiger partial charge >= 0.3 is 0 Å². The van der Waals surface area contributed by atoms with Crippen LogP contribution in [-0.2, 0) is 17.7 Å². The molecular weight excluding hydrogens is 372 g/mol. The number of hydrogen-bond donors (Lipinski definition) is 0. The SMILES string of the molecule is Cc1nc2c(s1)CN(c1ncnn3c(C)nc([C@H]4CCOC4)c13)CC2.Cl. The van der Waals surface area contributed by atoms with Crippen molar-refractivity contribution < 1.29 is 4.74 Å². The van der Waals surface area contributed by atoms with E-state index in [0.29, 0.717) is 5.92 Å². The van der Waals surface area contributed by atoms with Gasteiger partial charge in [-0.3, -0.25) is 0 Å². The van der Waals surface area contributed by atoms with Crippen LogP contribution in [0.3, 0.4) is 0 Å². The van der Waals surface area contributed by atoms with E-state index in [9.17, 15) is 0 Å². The number of anilines is 1. The number of halogens is 1. The van der Waals surface area contributed by atoms with Crippen LogP contribution in [0.1, 0.15) is 39.4 Å². The Kier molecular flexibility index (Phi) is 4.58. The summed E-state index contributed by atoms with van der Waals surface area (Å²) < 4.78 is 7.53. The molecule has 3 aromatic heterocycles. The lowest BCUT2D eigenvalue weighted by Crippen LogP contribution is -2.31. The lowest BCUT2D eigenvalue weighted by Gasteiger charge is -2.27. The van der Waals surface area contributed by atoms with E-state index in [1.165, 1.54) is 10.6 Å². The lowest BCUT2D eigenvalue weighted by molar-refractivity contribution is 0.193. The summed E-state index contributed by atoms with van der Waals surface area (Å²) in [5.41, 5.74) is 3.37. The molecule has 0 spiro atoms. The van der Waals surface area contributed by atoms with Gasteiger partial charge < -0.3 is 9.64 Å². The summed E-state index contributed by atoms with van der Waals surface area (Å²) in [6, 6.07) is 0. The lowest BCUT2D eigenvalue weighted by atomic mass is 10.0. The first-order valence-corrected chi connectivity index (χ1v) is 9.50. The third-order valence-corrected chi connectivity index (χ3v) is 6.05. The molecule has 1 atom stereocenters. The average Bonchev–Trinajstić information content (AvgIpc) is 3.32. The van der Waals surface area contributed by atoms with Crippen molar-refractivity contribution >= 4 is 35.1 Å². The highest BCUT2D eigenvalue weighted by atomic mass is 35.5. The van der Waals surface area contributed by atoms with Crippen molar-refractivity contribution in [3.8, 4) is 0 Å². The summed E-state index contributed by atoms with van der Waals surface area (Å²) in [5.74, 6) is 2.22. The molecule has 1 saturated heterocycles. The zero-order valence-corrected chi connectivity index (χ0v) is 16.4. The topological polar surface area (TPSA) is 68.4 Å². The molecule has 1 fully saturated rings. The Morgan fingerprint density at radius 2 is 2.15 bits per heavy atom. The quantitative estimate of drug-likeness (QED) is 0.667. The molecule has 26 heavy (non-hydrogen) atoms. The van der Waals surface area contributed by atoms with Crippen LogP contribution in [0.5, 0.6) is 0 Å². The predicted octanol–water partition coefficient (Wildman–Crippen LogP) is 2.69. The number of imidazole rings is 1. The standard InChI is InChI=1S/C17H20N6OS.ClH/c1-10-20-15(12-4-6-24-8-12)16-17(18-9-19-23(10)16)22-5-3-13-14(7-22)25-11(2)21-13;/h9,12H,3-8H2,1-2H3;1H/t12-;/m0./s1. The number of hydrogen-bond acceptors (Lipinski definition) is 7. The van der Waals surface area contributed by atoms with Gasteiger partial charge in [-0.05, 0) is 20.3 Å². The molecular formula is C17H21ClN6OS. The zero-order valence-electron chi connectivity index (χ0n) is 14.8. The normalized spacial score (nSPS) is 19.6. The van der Waals surface area contributed by atoms with Gasteiger partial charge in [0.2, 0.25) is 0 Å². The van der Waals surface area contributed by atoms with E-state index in [4.69, 9.17) is 9.72 Å². The molecule has 9 heteroatoms. The number of aromatic nitrogens is 5. The van der Waals surface area contributed by atoms with Gasteiger partial charge in [-0.2, -0.15) is 5.10 Å². The number of aryl methyl sites for hydroxylation is 2. The molecule has 3 aromatic rings. The minimum Gasteiger partial charge on any atom is -0.381 e. The number of fused-ring (bicyclic) bond motifs is 2. The second-order valence-electron chi connectivity index (χ2n) is 6.72. The van der Waals surface area contributed by atoms with Gasteiger partial charge in [0.05, 0.1) is 29.5 Å². The average molecular weight is 393 g/mol. The molecule has 0 aromatic carbocycles. The summed E-state index contributed by atoms with van der Waals surface area (Å²) in [5, 5.41) is 5.58. The van der Waals surface area contributed by atoms with Crippen molar-refractivity contribution in [1.82, 2.24) is 24.6 Å². The number of rotatable bonds is 2. The van der Waals surface area contributed by atoms with Gasteiger partial charge in [0.15, 0.2) is 5.82 Å². The van der Waals surface area contributed by atoms with Crippen LogP contribution < -0.4 is 4.90 Å². The highest BCUT2D eigenvalue weighted by Crippen LogP contribution is 2.34. The molecule has 2 aliphatic heterocycles. The van der Waals surface area contributed by atoms with Crippen molar-refractivity contribution in [1.29, 1.82) is 0 Å². The van der Waals surface area contributed by atoms with E-state index in [-0.39, 0.29) is 12.4 Å². The van der Waals surface area contributed by atoms with Gasteiger partial charge in [0.25, 0.3) is 0 Å². The van der Waals surface area contributed by atoms with Gasteiger partial charge in [-0.1, -0.05) is 0 Å². The van der Waals surface area contributed by atoms with E-state index in [1.807, 2.05) is 11.4 Å². The first-order valence-electron chi connectivity index (χ1n) is 8.69. The molecule has 0 radical (unpaired) electrons. The number of ether oxygens (including phenoxy) is 1. The second-order valence-corrected chi connectivity index (χ2v) is 8.01. The Labute approximate surface area is 161 Å². The Hall–Kier alpha value is -1.77. The maximum absolute atomic E-state index is 5.59. The number of thiazole rings is 1. The van der Waals surface area contributed by atoms with Gasteiger partial charge in [-0.15, -0.1) is 23.7 Å². The molecule has 138 valence electrons. The maximum Gasteiger partial charge on any atom is 0.158 e. The van der Waals surface area contributed by atoms with Crippen molar-refractivity contribution in [3.05, 3.63) is 33.4 Å². The van der Waals surface area contributed by atoms with E-state index in [2.05, 4.69) is 26.9 Å². The largest absolute Gasteiger partial charge is 0.381 e. The minimum absolute atomic E-state index is 0. The van der Waals surface area contributed by atoms with E-state index in [0.717, 1.165) is 67.0 Å². The van der Waals surface area contributed by atoms with Crippen LogP contribution in [0.15, 0.2) is 6.33 Å². The summed E-state index contributed by atoms with van der Waals surface area (Å²) in [4.78, 5) is 17.8. The van der Waals surface area contributed by atoms with Crippen LogP contribution in [0.2, 0.25) is 0 Å². The number of nitrogens with zero attached hydrogens (tertiary/aromatic N) is 6. The van der Waals surface area contributed by atoms with Crippen LogP contribution in [-0.4, -0.2) is 44.3 Å². The summed E-state index contributed by atoms with van der Waals surface area (Å²) >= 11 is 1.79. The molecule has 2 aliphatic rings. The van der Waals surface area contributed by atoms with E-state index < -0.39 is 0 Å². The molecule has 0 aliphatic carbocycles. The van der Waals surface area contributed by atoms with E-state index in [1.54, 1.807) is 17.7 Å². The molecule has 0 saturated carbocycles. The fraction of sp³-hybridized carbons (Fsp3) is 0.529. The van der Waals surface area contributed by atoms with Crippen LogP contribution in [0.25, 0.3) is 5.52 Å². The first-order chi connectivity index (χ1) is 12.2. The zero-order chi connectivity index (χ0) is 17.0. The maximum atomic E-state index is 5.59. The van der Waals surface area contributed by atoms with Crippen molar-refractivity contribution in [2.24, 2.45) is 0 Å². The molecule has 0 bridgehead atoms. The minimum atomic E-state index is 0. The molecule has 7 nitrogen and oxygen atoms in total. The first kappa shape index (κ1) is 17.6. The molecule has 5 rings (SSSR count). The Morgan fingerprint density at radius 1 is 1.27 bits per heavy atom. The summed E-state index contributed by atoms with van der Waals surface area (Å²) in [6.45, 7) is 7.41. The summed E-state index contributed by atoms with van der Waals surface area (Å²) in [6.07, 6.45) is 3.61. The molecule has 5 heterocycles. The monoisotopic (exact) mass is 392 g/mol. The van der Waals surface area contributed by atoms with Crippen LogP contribution in [0, 0.1) is 13.8 Å². The summed E-state index contributed by atoms with van der Waals surface area (Å²) in [7, 11) is 0. The Balaban J connectivity index is 0.00000168. The molecule has 0 N–H and O–H groups in total. The predicted molar refractivity (Wildman–Crippen MR) is 103 cm³/mol.